The van der Waals surface area contributed by atoms with Gasteiger partial charge in [-0.15, -0.1) is 0 Å². The van der Waals surface area contributed by atoms with Gasteiger partial charge in [-0.25, -0.2) is 12.4 Å². The first-order valence-corrected chi connectivity index (χ1v) is 9.59. The van der Waals surface area contributed by atoms with Crippen LogP contribution in [0.15, 0.2) is 59.6 Å². The minimum atomic E-state index is -3.65. The number of nitrogens with zero attached hydrogens (tertiary/aromatic N) is 2. The van der Waals surface area contributed by atoms with E-state index in [0.29, 0.717) is 28.4 Å². The third-order valence-electron chi connectivity index (χ3n) is 4.50. The maximum Gasteiger partial charge on any atom is 0.268 e. The van der Waals surface area contributed by atoms with Gasteiger partial charge in [0.15, 0.2) is 0 Å². The third-order valence-corrected chi connectivity index (χ3v) is 6.28. The van der Waals surface area contributed by atoms with Crippen LogP contribution in [0.5, 0.6) is 0 Å². The van der Waals surface area contributed by atoms with Crippen LogP contribution in [0.4, 0.5) is 0 Å². The van der Waals surface area contributed by atoms with Crippen molar-refractivity contribution in [1.29, 1.82) is 0 Å². The Morgan fingerprint density at radius 1 is 1.17 bits per heavy atom. The van der Waals surface area contributed by atoms with Crippen LogP contribution in [-0.2, 0) is 16.4 Å². The fraction of sp³-hybridized carbons (Fsp3) is 0.278. The topological polar surface area (TPSA) is 64.0 Å². The Bertz CT molecular complexity index is 958. The van der Waals surface area contributed by atoms with E-state index in [0.717, 1.165) is 25.1 Å². The molecule has 6 heteroatoms. The van der Waals surface area contributed by atoms with Crippen LogP contribution in [0.2, 0.25) is 0 Å². The highest BCUT2D eigenvalue weighted by molar-refractivity contribution is 7.90. The molecule has 0 radical (unpaired) electrons. The van der Waals surface area contributed by atoms with Gasteiger partial charge in [-0.2, -0.15) is 0 Å². The van der Waals surface area contributed by atoms with Gasteiger partial charge in [-0.1, -0.05) is 18.2 Å². The summed E-state index contributed by atoms with van der Waals surface area (Å²) in [6, 6.07) is 14.4. The average Bonchev–Trinajstić information content (AvgIpc) is 3.23. The van der Waals surface area contributed by atoms with E-state index in [9.17, 15) is 8.42 Å². The second kappa shape index (κ2) is 6.03. The molecule has 4 rings (SSSR count). The number of nitrogens with one attached hydrogen (secondary N) is 1. The van der Waals surface area contributed by atoms with Gasteiger partial charge >= 0.3 is 0 Å². The molecule has 0 amide bonds. The molecule has 2 aromatic heterocycles. The Hall–Kier alpha value is -2.18. The van der Waals surface area contributed by atoms with E-state index in [4.69, 9.17) is 0 Å². The molecule has 1 fully saturated rings. The second-order valence-corrected chi connectivity index (χ2v) is 7.91. The highest BCUT2D eigenvalue weighted by Crippen LogP contribution is 2.26. The van der Waals surface area contributed by atoms with E-state index in [2.05, 4.69) is 10.3 Å². The van der Waals surface area contributed by atoms with Crippen molar-refractivity contribution in [2.45, 2.75) is 30.2 Å². The van der Waals surface area contributed by atoms with E-state index in [1.165, 1.54) is 3.97 Å². The molecule has 1 saturated heterocycles. The molecule has 24 heavy (non-hydrogen) atoms. The Labute approximate surface area is 141 Å². The number of aromatic nitrogens is 2. The Balaban J connectivity index is 1.89. The summed E-state index contributed by atoms with van der Waals surface area (Å²) in [6.45, 7) is 0.995. The van der Waals surface area contributed by atoms with E-state index < -0.39 is 10.0 Å². The van der Waals surface area contributed by atoms with Crippen molar-refractivity contribution in [3.63, 3.8) is 0 Å². The van der Waals surface area contributed by atoms with Crippen molar-refractivity contribution in [3.8, 4) is 0 Å². The molecule has 0 aliphatic carbocycles. The maximum atomic E-state index is 13.2. The lowest BCUT2D eigenvalue weighted by Gasteiger charge is -2.15. The van der Waals surface area contributed by atoms with Crippen LogP contribution >= 0.6 is 0 Å². The lowest BCUT2D eigenvalue weighted by atomic mass is 10.1. The lowest BCUT2D eigenvalue weighted by molar-refractivity contribution is 0.573. The summed E-state index contributed by atoms with van der Waals surface area (Å²) in [4.78, 5) is 4.64. The van der Waals surface area contributed by atoms with Crippen LogP contribution in [0.1, 0.15) is 18.5 Å². The molecular formula is C18H19N3O2S. The van der Waals surface area contributed by atoms with E-state index >= 15 is 0 Å². The van der Waals surface area contributed by atoms with Gasteiger partial charge in [0.05, 0.1) is 15.9 Å². The molecule has 0 saturated carbocycles. The first kappa shape index (κ1) is 15.4. The number of hydrogen-bond acceptors (Lipinski definition) is 4. The monoisotopic (exact) mass is 341 g/mol. The van der Waals surface area contributed by atoms with Gasteiger partial charge in [0.1, 0.15) is 0 Å². The predicted octanol–water partition coefficient (Wildman–Crippen LogP) is 2.57. The standard InChI is InChI=1S/C18H19N3O2S/c22-24(23,16-7-2-1-3-8-16)21-15(12-14-6-4-10-19-14)13-17-18(21)9-5-11-20-17/h1-3,5,7-9,11,13-14,19H,4,6,10,12H2. The van der Waals surface area contributed by atoms with Gasteiger partial charge in [0.2, 0.25) is 0 Å². The molecule has 5 nitrogen and oxygen atoms in total. The maximum absolute atomic E-state index is 13.2. The molecule has 0 bridgehead atoms. The number of benzene rings is 1. The summed E-state index contributed by atoms with van der Waals surface area (Å²) in [7, 11) is -3.65. The van der Waals surface area contributed by atoms with Gasteiger partial charge in [0, 0.05) is 24.4 Å². The number of rotatable bonds is 4. The van der Waals surface area contributed by atoms with Crippen LogP contribution in [0.3, 0.4) is 0 Å². The first-order valence-electron chi connectivity index (χ1n) is 8.15. The van der Waals surface area contributed by atoms with Gasteiger partial charge in [-0.05, 0) is 49.7 Å². The molecular weight excluding hydrogens is 322 g/mol. The fourth-order valence-electron chi connectivity index (χ4n) is 3.37. The highest BCUT2D eigenvalue weighted by Gasteiger charge is 2.25. The van der Waals surface area contributed by atoms with E-state index in [-0.39, 0.29) is 0 Å². The summed E-state index contributed by atoms with van der Waals surface area (Å²) >= 11 is 0. The van der Waals surface area contributed by atoms with Crippen molar-refractivity contribution in [3.05, 3.63) is 60.4 Å². The van der Waals surface area contributed by atoms with E-state index in [1.54, 1.807) is 36.5 Å². The lowest BCUT2D eigenvalue weighted by Crippen LogP contribution is -2.26. The second-order valence-electron chi connectivity index (χ2n) is 6.12. The zero-order valence-corrected chi connectivity index (χ0v) is 14.0. The van der Waals surface area contributed by atoms with Gasteiger partial charge < -0.3 is 5.32 Å². The third kappa shape index (κ3) is 2.61. The minimum absolute atomic E-state index is 0.298. The van der Waals surface area contributed by atoms with E-state index in [1.807, 2.05) is 18.2 Å². The molecule has 3 heterocycles. The number of pyridine rings is 1. The Morgan fingerprint density at radius 2 is 2.00 bits per heavy atom. The Kier molecular flexibility index (Phi) is 3.86. The molecule has 1 aromatic carbocycles. The van der Waals surface area contributed by atoms with Crippen molar-refractivity contribution in [2.24, 2.45) is 0 Å². The number of fused-ring (bicyclic) bond motifs is 1. The molecule has 1 aliphatic heterocycles. The minimum Gasteiger partial charge on any atom is -0.314 e. The van der Waals surface area contributed by atoms with Crippen LogP contribution in [0, 0.1) is 0 Å². The molecule has 1 unspecified atom stereocenters. The summed E-state index contributed by atoms with van der Waals surface area (Å²) in [5.74, 6) is 0. The van der Waals surface area contributed by atoms with Gasteiger partial charge in [-0.3, -0.25) is 4.98 Å². The zero-order chi connectivity index (χ0) is 16.6. The Morgan fingerprint density at radius 3 is 2.75 bits per heavy atom. The predicted molar refractivity (Wildman–Crippen MR) is 93.5 cm³/mol. The molecule has 1 aliphatic rings. The van der Waals surface area contributed by atoms with Crippen molar-refractivity contribution >= 4 is 21.1 Å². The summed E-state index contributed by atoms with van der Waals surface area (Å²) in [5.41, 5.74) is 2.13. The van der Waals surface area contributed by atoms with Gasteiger partial charge in [0.25, 0.3) is 10.0 Å². The van der Waals surface area contributed by atoms with Crippen molar-refractivity contribution in [2.75, 3.05) is 6.54 Å². The average molecular weight is 341 g/mol. The zero-order valence-electron chi connectivity index (χ0n) is 13.2. The van der Waals surface area contributed by atoms with Crippen molar-refractivity contribution in [1.82, 2.24) is 14.3 Å². The molecule has 1 N–H and O–H groups in total. The largest absolute Gasteiger partial charge is 0.314 e. The normalized spacial score (nSPS) is 18.2. The van der Waals surface area contributed by atoms with Crippen LogP contribution < -0.4 is 5.32 Å². The number of hydrogen-bond donors (Lipinski definition) is 1. The SMILES string of the molecule is O=S(=O)(c1ccccc1)n1c(CC2CCCN2)cc2ncccc21. The molecule has 1 atom stereocenters. The summed E-state index contributed by atoms with van der Waals surface area (Å²) in [6.07, 6.45) is 4.58. The first-order chi connectivity index (χ1) is 11.7. The summed E-state index contributed by atoms with van der Waals surface area (Å²) in [5, 5.41) is 3.44. The quantitative estimate of drug-likeness (QED) is 0.792. The van der Waals surface area contributed by atoms with Crippen molar-refractivity contribution < 1.29 is 8.42 Å². The molecule has 3 aromatic rings. The molecule has 0 spiro atoms. The highest BCUT2D eigenvalue weighted by atomic mass is 32.2. The van der Waals surface area contributed by atoms with Crippen LogP contribution in [0.25, 0.3) is 11.0 Å². The fourth-order valence-corrected chi connectivity index (χ4v) is 4.93. The molecule has 124 valence electrons. The summed E-state index contributed by atoms with van der Waals surface area (Å²) < 4.78 is 27.9. The van der Waals surface area contributed by atoms with Crippen LogP contribution in [-0.4, -0.2) is 30.0 Å². The smallest absolute Gasteiger partial charge is 0.268 e.